The summed E-state index contributed by atoms with van der Waals surface area (Å²) in [4.78, 5) is 4.80. The topological polar surface area (TPSA) is 68.2 Å². The summed E-state index contributed by atoms with van der Waals surface area (Å²) >= 11 is 6.07. The van der Waals surface area contributed by atoms with Crippen molar-refractivity contribution in [1.29, 1.82) is 0 Å². The van der Waals surface area contributed by atoms with Gasteiger partial charge >= 0.3 is 0 Å². The maximum atomic E-state index is 13.2. The molecule has 1 aliphatic heterocycles. The molecule has 0 bridgehead atoms. The van der Waals surface area contributed by atoms with Crippen molar-refractivity contribution in [1.82, 2.24) is 4.31 Å². The van der Waals surface area contributed by atoms with Crippen molar-refractivity contribution in [3.8, 4) is 11.5 Å². The molecule has 0 fully saturated rings. The fourth-order valence-electron chi connectivity index (χ4n) is 4.46. The summed E-state index contributed by atoms with van der Waals surface area (Å²) < 4.78 is 39.8. The van der Waals surface area contributed by atoms with Gasteiger partial charge in [-0.2, -0.15) is 4.31 Å². The van der Waals surface area contributed by atoms with Crippen LogP contribution in [0.25, 0.3) is 0 Å². The lowest BCUT2D eigenvalue weighted by atomic mass is 10.0. The standard InChI is InChI=1S/C31H29ClN2O4S/c1-2-37-31-19-23(10-15-30(31)38-22-24-6-5-9-27(32)18-24)20-33-28-11-13-29(14-12-28)39(35,36)34-17-16-25-7-3-4-8-26(25)21-34/h3-15,18-20H,2,16-17,21-22H2,1H3. The fraction of sp³-hybridized carbons (Fsp3) is 0.194. The van der Waals surface area contributed by atoms with Crippen LogP contribution in [0.5, 0.6) is 11.5 Å². The van der Waals surface area contributed by atoms with E-state index in [0.717, 1.165) is 16.7 Å². The van der Waals surface area contributed by atoms with E-state index in [2.05, 4.69) is 11.1 Å². The van der Waals surface area contributed by atoms with Crippen molar-refractivity contribution >= 4 is 33.5 Å². The Morgan fingerprint density at radius 2 is 1.69 bits per heavy atom. The maximum Gasteiger partial charge on any atom is 0.243 e. The van der Waals surface area contributed by atoms with Gasteiger partial charge in [0.1, 0.15) is 6.61 Å². The molecule has 200 valence electrons. The van der Waals surface area contributed by atoms with Crippen molar-refractivity contribution in [3.63, 3.8) is 0 Å². The highest BCUT2D eigenvalue weighted by Gasteiger charge is 2.28. The number of rotatable bonds is 9. The Morgan fingerprint density at radius 1 is 0.897 bits per heavy atom. The monoisotopic (exact) mass is 560 g/mol. The molecule has 4 aromatic rings. The quantitative estimate of drug-likeness (QED) is 0.211. The predicted octanol–water partition coefficient (Wildman–Crippen LogP) is 6.82. The molecule has 1 heterocycles. The highest BCUT2D eigenvalue weighted by molar-refractivity contribution is 7.89. The number of benzene rings is 4. The van der Waals surface area contributed by atoms with Gasteiger partial charge in [0.05, 0.1) is 17.2 Å². The van der Waals surface area contributed by atoms with Gasteiger partial charge in [-0.3, -0.25) is 4.99 Å². The maximum absolute atomic E-state index is 13.2. The Hall–Kier alpha value is -3.65. The zero-order valence-electron chi connectivity index (χ0n) is 21.6. The number of nitrogens with zero attached hydrogens (tertiary/aromatic N) is 2. The minimum atomic E-state index is -3.59. The lowest BCUT2D eigenvalue weighted by Gasteiger charge is -2.28. The normalized spacial score (nSPS) is 13.8. The summed E-state index contributed by atoms with van der Waals surface area (Å²) in [5.41, 5.74) is 4.71. The molecule has 8 heteroatoms. The fourth-order valence-corrected chi connectivity index (χ4v) is 6.09. The summed E-state index contributed by atoms with van der Waals surface area (Å²) in [6, 6.07) is 27.8. The molecule has 0 aliphatic carbocycles. The molecule has 39 heavy (non-hydrogen) atoms. The number of hydrogen-bond donors (Lipinski definition) is 0. The van der Waals surface area contributed by atoms with E-state index in [1.54, 1.807) is 34.8 Å². The zero-order chi connectivity index (χ0) is 27.2. The van der Waals surface area contributed by atoms with Crippen LogP contribution < -0.4 is 9.47 Å². The lowest BCUT2D eigenvalue weighted by molar-refractivity contribution is 0.269. The van der Waals surface area contributed by atoms with Gasteiger partial charge in [-0.25, -0.2) is 8.42 Å². The van der Waals surface area contributed by atoms with E-state index in [-0.39, 0.29) is 4.90 Å². The van der Waals surface area contributed by atoms with Crippen LogP contribution in [0.1, 0.15) is 29.2 Å². The molecule has 1 aliphatic rings. The van der Waals surface area contributed by atoms with E-state index >= 15 is 0 Å². The molecule has 0 amide bonds. The molecule has 5 rings (SSSR count). The van der Waals surface area contributed by atoms with E-state index in [9.17, 15) is 8.42 Å². The van der Waals surface area contributed by atoms with Crippen LogP contribution in [-0.4, -0.2) is 32.1 Å². The summed E-state index contributed by atoms with van der Waals surface area (Å²) in [6.07, 6.45) is 2.43. The number of sulfonamides is 1. The summed E-state index contributed by atoms with van der Waals surface area (Å²) in [5.74, 6) is 1.25. The van der Waals surface area contributed by atoms with Crippen LogP contribution in [0.15, 0.2) is 101 Å². The van der Waals surface area contributed by atoms with E-state index in [0.29, 0.717) is 54.9 Å². The summed E-state index contributed by atoms with van der Waals surface area (Å²) in [7, 11) is -3.59. The first-order chi connectivity index (χ1) is 18.9. The van der Waals surface area contributed by atoms with Crippen LogP contribution in [0.4, 0.5) is 5.69 Å². The van der Waals surface area contributed by atoms with Crippen molar-refractivity contribution in [2.45, 2.75) is 31.4 Å². The number of ether oxygens (including phenoxy) is 2. The van der Waals surface area contributed by atoms with Crippen molar-refractivity contribution < 1.29 is 17.9 Å². The number of aliphatic imine (C=N–C) groups is 1. The number of hydrogen-bond acceptors (Lipinski definition) is 5. The first-order valence-electron chi connectivity index (χ1n) is 12.8. The Morgan fingerprint density at radius 3 is 2.46 bits per heavy atom. The van der Waals surface area contributed by atoms with E-state index in [1.807, 2.05) is 67.6 Å². The molecule has 0 N–H and O–H groups in total. The number of halogens is 1. The molecule has 0 aromatic heterocycles. The first-order valence-corrected chi connectivity index (χ1v) is 14.6. The molecule has 0 spiro atoms. The molecular weight excluding hydrogens is 532 g/mol. The highest BCUT2D eigenvalue weighted by Crippen LogP contribution is 2.30. The van der Waals surface area contributed by atoms with E-state index in [4.69, 9.17) is 21.1 Å². The minimum absolute atomic E-state index is 0.265. The van der Waals surface area contributed by atoms with Crippen molar-refractivity contribution in [2.75, 3.05) is 13.2 Å². The summed E-state index contributed by atoms with van der Waals surface area (Å²) in [6.45, 7) is 3.64. The van der Waals surface area contributed by atoms with Gasteiger partial charge in [0.25, 0.3) is 0 Å². The van der Waals surface area contributed by atoms with Gasteiger partial charge < -0.3 is 9.47 Å². The largest absolute Gasteiger partial charge is 0.490 e. The predicted molar refractivity (Wildman–Crippen MR) is 155 cm³/mol. The second-order valence-corrected chi connectivity index (χ2v) is 11.5. The van der Waals surface area contributed by atoms with Crippen molar-refractivity contribution in [2.24, 2.45) is 4.99 Å². The van der Waals surface area contributed by atoms with Gasteiger partial charge in [0.15, 0.2) is 11.5 Å². The molecule has 0 atom stereocenters. The Bertz CT molecular complexity index is 1590. The smallest absolute Gasteiger partial charge is 0.243 e. The van der Waals surface area contributed by atoms with Crippen LogP contribution in [0.3, 0.4) is 0 Å². The second-order valence-electron chi connectivity index (χ2n) is 9.17. The average molecular weight is 561 g/mol. The van der Waals surface area contributed by atoms with Crippen LogP contribution in [0.2, 0.25) is 5.02 Å². The molecule has 0 saturated heterocycles. The molecule has 4 aromatic carbocycles. The molecule has 0 saturated carbocycles. The molecule has 6 nitrogen and oxygen atoms in total. The van der Waals surface area contributed by atoms with Gasteiger partial charge in [-0.15, -0.1) is 0 Å². The van der Waals surface area contributed by atoms with E-state index in [1.165, 1.54) is 5.56 Å². The SMILES string of the molecule is CCOc1cc(C=Nc2ccc(S(=O)(=O)N3CCc4ccccc4C3)cc2)ccc1OCc1cccc(Cl)c1. The van der Waals surface area contributed by atoms with Gasteiger partial charge in [-0.1, -0.05) is 48.0 Å². The van der Waals surface area contributed by atoms with Gasteiger partial charge in [0, 0.05) is 24.3 Å². The lowest BCUT2D eigenvalue weighted by Crippen LogP contribution is -2.35. The van der Waals surface area contributed by atoms with Crippen LogP contribution in [0, 0.1) is 0 Å². The third kappa shape index (κ3) is 6.50. The Balaban J connectivity index is 1.26. The molecular formula is C31H29ClN2O4S. The Kier molecular flexibility index (Phi) is 8.31. The average Bonchev–Trinajstić information content (AvgIpc) is 2.96. The van der Waals surface area contributed by atoms with Gasteiger partial charge in [0.2, 0.25) is 10.0 Å². The van der Waals surface area contributed by atoms with Crippen molar-refractivity contribution in [3.05, 3.63) is 118 Å². The first kappa shape index (κ1) is 26.9. The summed E-state index contributed by atoms with van der Waals surface area (Å²) in [5, 5.41) is 0.663. The third-order valence-corrected chi connectivity index (χ3v) is 8.58. The van der Waals surface area contributed by atoms with Crippen LogP contribution >= 0.6 is 11.6 Å². The minimum Gasteiger partial charge on any atom is -0.490 e. The Labute approximate surface area is 234 Å². The van der Waals surface area contributed by atoms with Gasteiger partial charge in [-0.05, 0) is 90.2 Å². The molecule has 0 radical (unpaired) electrons. The molecule has 0 unspecified atom stereocenters. The third-order valence-electron chi connectivity index (χ3n) is 6.48. The second kappa shape index (κ2) is 12.0. The van der Waals surface area contributed by atoms with Crippen LogP contribution in [-0.2, 0) is 29.6 Å². The number of fused-ring (bicyclic) bond motifs is 1. The van der Waals surface area contributed by atoms with E-state index < -0.39 is 10.0 Å². The zero-order valence-corrected chi connectivity index (χ0v) is 23.2. The highest BCUT2D eigenvalue weighted by atomic mass is 35.5.